The number of fused-ring (bicyclic) bond motifs is 2. The number of ether oxygens (including phenoxy) is 1. The Labute approximate surface area is 214 Å². The van der Waals surface area contributed by atoms with Crippen LogP contribution in [-0.2, 0) is 17.6 Å². The Morgan fingerprint density at radius 1 is 1.30 bits per heavy atom. The van der Waals surface area contributed by atoms with Crippen molar-refractivity contribution in [2.24, 2.45) is 11.1 Å². The molecule has 0 aliphatic heterocycles. The molecule has 3 aromatic rings. The van der Waals surface area contributed by atoms with Crippen molar-refractivity contribution < 1.29 is 23.4 Å². The zero-order chi connectivity index (χ0) is 26.4. The molecule has 2 heterocycles. The molecule has 1 saturated carbocycles. The Balaban J connectivity index is 1.46. The van der Waals surface area contributed by atoms with Crippen LogP contribution in [0.25, 0.3) is 11.8 Å². The molecule has 2 aromatic heterocycles. The molecule has 0 spiro atoms. The van der Waals surface area contributed by atoms with E-state index in [1.54, 1.807) is 16.8 Å². The molecule has 1 fully saturated rings. The van der Waals surface area contributed by atoms with Crippen molar-refractivity contribution in [3.63, 3.8) is 0 Å². The Bertz CT molecular complexity index is 1370. The fourth-order valence-electron chi connectivity index (χ4n) is 6.22. The molecule has 0 saturated heterocycles. The second-order valence-electron chi connectivity index (χ2n) is 9.90. The van der Waals surface area contributed by atoms with Gasteiger partial charge in [-0.05, 0) is 80.5 Å². The lowest BCUT2D eigenvalue weighted by molar-refractivity contribution is -0.123. The summed E-state index contributed by atoms with van der Waals surface area (Å²) in [6.07, 6.45) is 6.53. The summed E-state index contributed by atoms with van der Waals surface area (Å²) in [4.78, 5) is 16.0. The van der Waals surface area contributed by atoms with E-state index in [1.165, 1.54) is 31.5 Å². The molecule has 37 heavy (non-hydrogen) atoms. The highest BCUT2D eigenvalue weighted by Gasteiger charge is 2.56. The van der Waals surface area contributed by atoms with Gasteiger partial charge in [0.05, 0.1) is 41.5 Å². The number of aliphatic hydroxyl groups is 1. The van der Waals surface area contributed by atoms with Crippen LogP contribution in [0.3, 0.4) is 0 Å². The van der Waals surface area contributed by atoms with Crippen LogP contribution in [0.2, 0.25) is 0 Å². The number of pyridine rings is 1. The fourth-order valence-corrected chi connectivity index (χ4v) is 6.22. The van der Waals surface area contributed by atoms with E-state index < -0.39 is 23.1 Å². The molecule has 1 aromatic carbocycles. The number of methoxy groups -OCH3 is 1. The number of benzene rings is 1. The number of amides is 1. The molecule has 3 atom stereocenters. The maximum Gasteiger partial charge on any atom is 0.256 e. The molecule has 194 valence electrons. The van der Waals surface area contributed by atoms with Crippen LogP contribution < -0.4 is 10.5 Å². The van der Waals surface area contributed by atoms with Gasteiger partial charge in [-0.2, -0.15) is 5.10 Å². The number of hydrogen-bond acceptors (Lipinski definition) is 5. The number of nitrogens with zero attached hydrogens (tertiary/aromatic N) is 3. The molecular formula is C28H30F2N4O3. The SMILES string of the molecule is CCC12Cc3cnn(-c4ccc(F)cc4)c3C=C1CCC2(O)CCc1nccc(OC)c1C(F)C(N)=O. The first kappa shape index (κ1) is 25.1. The molecular weight excluding hydrogens is 478 g/mol. The van der Waals surface area contributed by atoms with Crippen LogP contribution in [0, 0.1) is 11.2 Å². The number of alkyl halides is 1. The predicted octanol–water partition coefficient (Wildman–Crippen LogP) is 4.40. The molecule has 3 unspecified atom stereocenters. The minimum Gasteiger partial charge on any atom is -0.496 e. The number of aromatic nitrogens is 3. The number of aryl methyl sites for hydroxylation is 1. The first-order valence-electron chi connectivity index (χ1n) is 12.4. The summed E-state index contributed by atoms with van der Waals surface area (Å²) in [5, 5.41) is 16.6. The van der Waals surface area contributed by atoms with Crippen molar-refractivity contribution in [2.75, 3.05) is 7.11 Å². The fraction of sp³-hybridized carbons (Fsp3) is 0.393. The van der Waals surface area contributed by atoms with Crippen molar-refractivity contribution >= 4 is 12.0 Å². The Morgan fingerprint density at radius 3 is 2.73 bits per heavy atom. The monoisotopic (exact) mass is 508 g/mol. The standard InChI is InChI=1S/C28H30F2N4O3/c1-3-27-15-17-16-33-34(20-6-4-19(29)5-7-20)22(17)14-18(27)8-11-28(27,36)12-9-21-24(25(30)26(31)35)23(37-2)10-13-32-21/h4-7,10,13-14,16,25,36H,3,8-9,11-12,15H2,1-2H3,(H2,31,35). The van der Waals surface area contributed by atoms with Gasteiger partial charge in [-0.3, -0.25) is 9.78 Å². The van der Waals surface area contributed by atoms with E-state index in [2.05, 4.69) is 23.1 Å². The van der Waals surface area contributed by atoms with Crippen LogP contribution in [0.1, 0.15) is 61.3 Å². The molecule has 3 N–H and O–H groups in total. The van der Waals surface area contributed by atoms with Crippen LogP contribution in [0.4, 0.5) is 8.78 Å². The number of rotatable bonds is 8. The third kappa shape index (κ3) is 4.01. The molecule has 1 amide bonds. The quantitative estimate of drug-likeness (QED) is 0.469. The zero-order valence-electron chi connectivity index (χ0n) is 20.9. The van der Waals surface area contributed by atoms with E-state index in [0.717, 1.165) is 22.5 Å². The smallest absolute Gasteiger partial charge is 0.256 e. The summed E-state index contributed by atoms with van der Waals surface area (Å²) in [5.41, 5.74) is 7.91. The summed E-state index contributed by atoms with van der Waals surface area (Å²) >= 11 is 0. The number of primary amides is 1. The number of nitrogens with two attached hydrogens (primary N) is 1. The second kappa shape index (κ2) is 9.37. The van der Waals surface area contributed by atoms with Gasteiger partial charge >= 0.3 is 0 Å². The number of hydrogen-bond donors (Lipinski definition) is 2. The normalized spacial score (nSPS) is 23.2. The van der Waals surface area contributed by atoms with E-state index in [-0.39, 0.29) is 23.6 Å². The van der Waals surface area contributed by atoms with Gasteiger partial charge in [0.2, 0.25) is 6.17 Å². The van der Waals surface area contributed by atoms with E-state index >= 15 is 0 Å². The van der Waals surface area contributed by atoms with Crippen molar-refractivity contribution in [3.8, 4) is 11.4 Å². The largest absolute Gasteiger partial charge is 0.496 e. The van der Waals surface area contributed by atoms with Gasteiger partial charge in [-0.25, -0.2) is 13.5 Å². The molecule has 2 aliphatic carbocycles. The van der Waals surface area contributed by atoms with Crippen LogP contribution in [-0.4, -0.2) is 38.5 Å². The van der Waals surface area contributed by atoms with Gasteiger partial charge in [-0.1, -0.05) is 12.5 Å². The van der Waals surface area contributed by atoms with E-state index in [9.17, 15) is 18.7 Å². The molecule has 7 nitrogen and oxygen atoms in total. The molecule has 5 rings (SSSR count). The first-order chi connectivity index (χ1) is 17.7. The summed E-state index contributed by atoms with van der Waals surface area (Å²) in [6, 6.07) is 7.69. The summed E-state index contributed by atoms with van der Waals surface area (Å²) in [6.45, 7) is 2.07. The second-order valence-corrected chi connectivity index (χ2v) is 9.90. The first-order valence-corrected chi connectivity index (χ1v) is 12.4. The maximum absolute atomic E-state index is 14.8. The van der Waals surface area contributed by atoms with E-state index in [4.69, 9.17) is 10.5 Å². The van der Waals surface area contributed by atoms with E-state index in [0.29, 0.717) is 37.8 Å². The Hall–Kier alpha value is -3.59. The zero-order valence-corrected chi connectivity index (χ0v) is 20.9. The molecule has 0 radical (unpaired) electrons. The minimum atomic E-state index is -2.05. The van der Waals surface area contributed by atoms with Crippen LogP contribution >= 0.6 is 0 Å². The van der Waals surface area contributed by atoms with Crippen LogP contribution in [0.15, 0.2) is 48.3 Å². The summed E-state index contributed by atoms with van der Waals surface area (Å²) < 4.78 is 35.3. The predicted molar refractivity (Wildman–Crippen MR) is 134 cm³/mol. The topological polar surface area (TPSA) is 103 Å². The van der Waals surface area contributed by atoms with Crippen molar-refractivity contribution in [1.29, 1.82) is 0 Å². The number of carbonyl (C=O) groups is 1. The van der Waals surface area contributed by atoms with Crippen LogP contribution in [0.5, 0.6) is 5.75 Å². The molecule has 0 bridgehead atoms. The highest BCUT2D eigenvalue weighted by atomic mass is 19.1. The van der Waals surface area contributed by atoms with Gasteiger partial charge in [0.25, 0.3) is 5.91 Å². The van der Waals surface area contributed by atoms with Gasteiger partial charge in [0.15, 0.2) is 0 Å². The van der Waals surface area contributed by atoms with Gasteiger partial charge in [0, 0.05) is 11.6 Å². The highest BCUT2D eigenvalue weighted by molar-refractivity contribution is 5.81. The Kier molecular flexibility index (Phi) is 6.35. The third-order valence-electron chi connectivity index (χ3n) is 8.21. The van der Waals surface area contributed by atoms with E-state index in [1.807, 2.05) is 6.20 Å². The number of carbonyl (C=O) groups excluding carboxylic acids is 1. The van der Waals surface area contributed by atoms with Gasteiger partial charge in [0.1, 0.15) is 11.6 Å². The van der Waals surface area contributed by atoms with Gasteiger partial charge < -0.3 is 15.6 Å². The number of halogens is 2. The lowest BCUT2D eigenvalue weighted by atomic mass is 9.63. The third-order valence-corrected chi connectivity index (χ3v) is 8.21. The minimum absolute atomic E-state index is 0.0203. The Morgan fingerprint density at radius 2 is 2.05 bits per heavy atom. The average molecular weight is 509 g/mol. The van der Waals surface area contributed by atoms with Crippen molar-refractivity contribution in [1.82, 2.24) is 14.8 Å². The lowest BCUT2D eigenvalue weighted by Gasteiger charge is -2.45. The van der Waals surface area contributed by atoms with Gasteiger partial charge in [-0.15, -0.1) is 0 Å². The molecule has 9 heteroatoms. The van der Waals surface area contributed by atoms with Crippen molar-refractivity contribution in [2.45, 2.75) is 57.2 Å². The maximum atomic E-state index is 14.8. The summed E-state index contributed by atoms with van der Waals surface area (Å²) in [7, 11) is 1.40. The lowest BCUT2D eigenvalue weighted by Crippen LogP contribution is -2.47. The molecule has 2 aliphatic rings. The highest BCUT2D eigenvalue weighted by Crippen LogP contribution is 2.59. The van der Waals surface area contributed by atoms with Crippen molar-refractivity contribution in [3.05, 3.63) is 76.6 Å². The average Bonchev–Trinajstić information content (AvgIpc) is 3.44. The summed E-state index contributed by atoms with van der Waals surface area (Å²) in [5.74, 6) is -1.21.